The van der Waals surface area contributed by atoms with Crippen LogP contribution >= 0.6 is 11.3 Å². The SMILES string of the molecule is CCCCN(CC)Cc1nnc(NN)s1. The van der Waals surface area contributed by atoms with Crippen LogP contribution in [0.4, 0.5) is 5.13 Å². The summed E-state index contributed by atoms with van der Waals surface area (Å²) in [6.07, 6.45) is 2.46. The van der Waals surface area contributed by atoms with Crippen LogP contribution in [0.25, 0.3) is 0 Å². The first-order chi connectivity index (χ1) is 7.30. The summed E-state index contributed by atoms with van der Waals surface area (Å²) >= 11 is 1.51. The molecule has 0 fully saturated rings. The number of hydrazine groups is 1. The van der Waals surface area contributed by atoms with E-state index in [9.17, 15) is 0 Å². The van der Waals surface area contributed by atoms with E-state index in [2.05, 4.69) is 34.4 Å². The van der Waals surface area contributed by atoms with Crippen LogP contribution in [0.3, 0.4) is 0 Å². The van der Waals surface area contributed by atoms with Gasteiger partial charge in [0.25, 0.3) is 0 Å². The van der Waals surface area contributed by atoms with Gasteiger partial charge in [-0.25, -0.2) is 5.84 Å². The van der Waals surface area contributed by atoms with Crippen molar-refractivity contribution >= 4 is 16.5 Å². The van der Waals surface area contributed by atoms with Crippen molar-refractivity contribution in [2.45, 2.75) is 33.2 Å². The van der Waals surface area contributed by atoms with Gasteiger partial charge in [0.05, 0.1) is 6.54 Å². The molecule has 1 rings (SSSR count). The number of nitrogens with one attached hydrogen (secondary N) is 1. The Morgan fingerprint density at radius 1 is 1.40 bits per heavy atom. The quantitative estimate of drug-likeness (QED) is 0.547. The van der Waals surface area contributed by atoms with Crippen molar-refractivity contribution in [2.75, 3.05) is 18.5 Å². The molecule has 0 atom stereocenters. The van der Waals surface area contributed by atoms with E-state index in [-0.39, 0.29) is 0 Å². The number of nitrogens with zero attached hydrogens (tertiary/aromatic N) is 3. The first-order valence-corrected chi connectivity index (χ1v) is 6.13. The van der Waals surface area contributed by atoms with Crippen LogP contribution in [-0.2, 0) is 6.54 Å². The van der Waals surface area contributed by atoms with Crippen LogP contribution in [-0.4, -0.2) is 28.2 Å². The molecule has 0 aliphatic rings. The topological polar surface area (TPSA) is 67.1 Å². The monoisotopic (exact) mass is 229 g/mol. The Balaban J connectivity index is 2.43. The summed E-state index contributed by atoms with van der Waals surface area (Å²) in [6, 6.07) is 0. The number of unbranched alkanes of at least 4 members (excludes halogenated alkanes) is 1. The summed E-state index contributed by atoms with van der Waals surface area (Å²) < 4.78 is 0. The first kappa shape index (κ1) is 12.4. The average Bonchev–Trinajstić information content (AvgIpc) is 2.71. The zero-order chi connectivity index (χ0) is 11.1. The number of hydrogen-bond donors (Lipinski definition) is 2. The smallest absolute Gasteiger partial charge is 0.219 e. The van der Waals surface area contributed by atoms with Crippen LogP contribution in [0.2, 0.25) is 0 Å². The van der Waals surface area contributed by atoms with Crippen molar-refractivity contribution in [3.8, 4) is 0 Å². The highest BCUT2D eigenvalue weighted by molar-refractivity contribution is 7.15. The maximum atomic E-state index is 5.25. The van der Waals surface area contributed by atoms with Crippen molar-refractivity contribution < 1.29 is 0 Å². The molecule has 5 nitrogen and oxygen atoms in total. The highest BCUT2D eigenvalue weighted by Gasteiger charge is 2.07. The highest BCUT2D eigenvalue weighted by Crippen LogP contribution is 2.15. The van der Waals surface area contributed by atoms with E-state index < -0.39 is 0 Å². The molecule has 1 aromatic rings. The normalized spacial score (nSPS) is 10.9. The molecule has 1 aromatic heterocycles. The Kier molecular flexibility index (Phi) is 5.52. The highest BCUT2D eigenvalue weighted by atomic mass is 32.1. The second-order valence-corrected chi connectivity index (χ2v) is 4.43. The van der Waals surface area contributed by atoms with E-state index in [0.29, 0.717) is 5.13 Å². The van der Waals surface area contributed by atoms with Crippen molar-refractivity contribution in [2.24, 2.45) is 5.84 Å². The van der Waals surface area contributed by atoms with Gasteiger partial charge in [0.1, 0.15) is 5.01 Å². The minimum Gasteiger partial charge on any atom is -0.298 e. The van der Waals surface area contributed by atoms with Gasteiger partial charge in [-0.1, -0.05) is 31.6 Å². The summed E-state index contributed by atoms with van der Waals surface area (Å²) in [7, 11) is 0. The number of nitrogens with two attached hydrogens (primary N) is 1. The Labute approximate surface area is 94.7 Å². The second-order valence-electron chi connectivity index (χ2n) is 3.37. The van der Waals surface area contributed by atoms with Gasteiger partial charge in [0.15, 0.2) is 0 Å². The molecule has 86 valence electrons. The van der Waals surface area contributed by atoms with Gasteiger partial charge in [-0.3, -0.25) is 10.3 Å². The van der Waals surface area contributed by atoms with Crippen molar-refractivity contribution in [1.82, 2.24) is 15.1 Å². The predicted octanol–water partition coefficient (Wildman–Crippen LogP) is 1.45. The number of nitrogen functional groups attached to an aromatic ring is 1. The molecule has 0 amide bonds. The zero-order valence-corrected chi connectivity index (χ0v) is 10.2. The minimum absolute atomic E-state index is 0.677. The number of hydrogen-bond acceptors (Lipinski definition) is 6. The molecule has 15 heavy (non-hydrogen) atoms. The molecule has 0 aromatic carbocycles. The summed E-state index contributed by atoms with van der Waals surface area (Å²) in [5.41, 5.74) is 2.51. The Bertz CT molecular complexity index is 275. The van der Waals surface area contributed by atoms with E-state index in [4.69, 9.17) is 5.84 Å². The van der Waals surface area contributed by atoms with Crippen LogP contribution in [0.1, 0.15) is 31.7 Å². The van der Waals surface area contributed by atoms with Crippen molar-refractivity contribution in [1.29, 1.82) is 0 Å². The molecule has 0 bridgehead atoms. The molecule has 0 unspecified atom stereocenters. The summed E-state index contributed by atoms with van der Waals surface area (Å²) in [4.78, 5) is 2.37. The average molecular weight is 229 g/mol. The van der Waals surface area contributed by atoms with Gasteiger partial charge < -0.3 is 0 Å². The molecule has 6 heteroatoms. The third kappa shape index (κ3) is 4.11. The van der Waals surface area contributed by atoms with E-state index >= 15 is 0 Å². The number of rotatable bonds is 7. The largest absolute Gasteiger partial charge is 0.298 e. The Hall–Kier alpha value is -0.720. The Morgan fingerprint density at radius 3 is 2.73 bits per heavy atom. The number of aromatic nitrogens is 2. The molecule has 0 radical (unpaired) electrons. The van der Waals surface area contributed by atoms with E-state index in [0.717, 1.165) is 24.6 Å². The lowest BCUT2D eigenvalue weighted by molar-refractivity contribution is 0.274. The molecular weight excluding hydrogens is 210 g/mol. The lowest BCUT2D eigenvalue weighted by Crippen LogP contribution is -2.23. The fourth-order valence-electron chi connectivity index (χ4n) is 1.30. The van der Waals surface area contributed by atoms with Crippen LogP contribution in [0.15, 0.2) is 0 Å². The first-order valence-electron chi connectivity index (χ1n) is 5.31. The molecule has 3 N–H and O–H groups in total. The maximum absolute atomic E-state index is 5.25. The molecule has 1 heterocycles. The molecular formula is C9H19N5S. The van der Waals surface area contributed by atoms with Gasteiger partial charge >= 0.3 is 0 Å². The second kappa shape index (κ2) is 6.71. The van der Waals surface area contributed by atoms with Crippen molar-refractivity contribution in [3.05, 3.63) is 5.01 Å². The third-order valence-electron chi connectivity index (χ3n) is 2.22. The van der Waals surface area contributed by atoms with E-state index in [1.165, 1.54) is 24.2 Å². The molecule has 0 saturated carbocycles. The summed E-state index contributed by atoms with van der Waals surface area (Å²) in [6.45, 7) is 7.41. The predicted molar refractivity (Wildman–Crippen MR) is 63.6 cm³/mol. The van der Waals surface area contributed by atoms with Gasteiger partial charge in [0, 0.05) is 0 Å². The lowest BCUT2D eigenvalue weighted by Gasteiger charge is -2.17. The van der Waals surface area contributed by atoms with Crippen LogP contribution in [0, 0.1) is 0 Å². The van der Waals surface area contributed by atoms with E-state index in [1.54, 1.807) is 0 Å². The van der Waals surface area contributed by atoms with Crippen LogP contribution in [0.5, 0.6) is 0 Å². The van der Waals surface area contributed by atoms with Crippen LogP contribution < -0.4 is 11.3 Å². The van der Waals surface area contributed by atoms with Gasteiger partial charge in [-0.05, 0) is 19.5 Å². The minimum atomic E-state index is 0.677. The zero-order valence-electron chi connectivity index (χ0n) is 9.36. The lowest BCUT2D eigenvalue weighted by atomic mass is 10.3. The number of anilines is 1. The fourth-order valence-corrected chi connectivity index (χ4v) is 1.99. The maximum Gasteiger partial charge on any atom is 0.219 e. The Morgan fingerprint density at radius 2 is 2.20 bits per heavy atom. The fraction of sp³-hybridized carbons (Fsp3) is 0.778. The molecule has 0 aliphatic carbocycles. The molecule has 0 aliphatic heterocycles. The van der Waals surface area contributed by atoms with E-state index in [1.807, 2.05) is 0 Å². The standard InChI is InChI=1S/C9H19N5S/c1-3-5-6-14(4-2)7-8-12-13-9(11-10)15-8/h3-7,10H2,1-2H3,(H,11,13). The third-order valence-corrected chi connectivity index (χ3v) is 3.06. The van der Waals surface area contributed by atoms with Gasteiger partial charge in [-0.2, -0.15) is 0 Å². The van der Waals surface area contributed by atoms with Gasteiger partial charge in [-0.15, -0.1) is 10.2 Å². The summed E-state index contributed by atoms with van der Waals surface area (Å²) in [5.74, 6) is 5.25. The van der Waals surface area contributed by atoms with Crippen molar-refractivity contribution in [3.63, 3.8) is 0 Å². The molecule has 0 saturated heterocycles. The van der Waals surface area contributed by atoms with Gasteiger partial charge in [0.2, 0.25) is 5.13 Å². The summed E-state index contributed by atoms with van der Waals surface area (Å²) in [5, 5.41) is 9.67. The molecule has 0 spiro atoms.